The van der Waals surface area contributed by atoms with Gasteiger partial charge in [0.05, 0.1) is 0 Å². The van der Waals surface area contributed by atoms with E-state index in [-0.39, 0.29) is 19.1 Å². The molecule has 0 amide bonds. The quantitative estimate of drug-likeness (QED) is 0.610. The summed E-state index contributed by atoms with van der Waals surface area (Å²) in [6.45, 7) is 2.50. The highest BCUT2D eigenvalue weighted by Gasteiger charge is 2.31. The van der Waals surface area contributed by atoms with Crippen LogP contribution in [0, 0.1) is 17.8 Å². The molecule has 1 saturated carbocycles. The van der Waals surface area contributed by atoms with E-state index in [2.05, 4.69) is 6.92 Å². The highest BCUT2D eigenvalue weighted by molar-refractivity contribution is 4.81. The van der Waals surface area contributed by atoms with Gasteiger partial charge in [0.1, 0.15) is 0 Å². The molecule has 1 aliphatic carbocycles. The Hall–Kier alpha value is -0.0800. The van der Waals surface area contributed by atoms with Crippen LogP contribution in [0.15, 0.2) is 0 Å². The first-order chi connectivity index (χ1) is 4.77. The van der Waals surface area contributed by atoms with Crippen LogP contribution in [0.2, 0.25) is 0 Å². The second-order valence-electron chi connectivity index (χ2n) is 3.46. The molecule has 1 rings (SSSR count). The summed E-state index contributed by atoms with van der Waals surface area (Å²) in [5.74, 6) is 1.55. The molecule has 0 aromatic carbocycles. The fourth-order valence-corrected chi connectivity index (χ4v) is 1.71. The molecular weight excluding hydrogens is 128 g/mol. The lowest BCUT2D eigenvalue weighted by Crippen LogP contribution is -2.32. The third-order valence-corrected chi connectivity index (χ3v) is 2.55. The molecule has 0 radical (unpaired) electrons. The second-order valence-corrected chi connectivity index (χ2v) is 3.46. The van der Waals surface area contributed by atoms with Crippen molar-refractivity contribution < 1.29 is 10.2 Å². The van der Waals surface area contributed by atoms with E-state index in [4.69, 9.17) is 10.2 Å². The second kappa shape index (κ2) is 3.35. The van der Waals surface area contributed by atoms with Gasteiger partial charge >= 0.3 is 0 Å². The molecule has 2 nitrogen and oxygen atoms in total. The molecule has 0 aliphatic heterocycles. The van der Waals surface area contributed by atoms with Crippen molar-refractivity contribution in [3.05, 3.63) is 0 Å². The molecule has 1 aliphatic rings. The minimum atomic E-state index is 0.147. The van der Waals surface area contributed by atoms with Gasteiger partial charge in [-0.3, -0.25) is 0 Å². The van der Waals surface area contributed by atoms with E-state index in [1.807, 2.05) is 0 Å². The number of hydrogen-bond donors (Lipinski definition) is 2. The standard InChI is InChI=1S/C8H16O2/c1-6-2-7(3-6)8(4-9)5-10/h6-10H,2-5H2,1H3. The van der Waals surface area contributed by atoms with E-state index in [0.717, 1.165) is 5.92 Å². The molecule has 0 spiro atoms. The van der Waals surface area contributed by atoms with Crippen LogP contribution in [-0.4, -0.2) is 23.4 Å². The zero-order chi connectivity index (χ0) is 7.56. The number of aliphatic hydroxyl groups excluding tert-OH is 2. The van der Waals surface area contributed by atoms with Crippen LogP contribution in [0.1, 0.15) is 19.8 Å². The minimum Gasteiger partial charge on any atom is -0.396 e. The highest BCUT2D eigenvalue weighted by atomic mass is 16.3. The van der Waals surface area contributed by atoms with Gasteiger partial charge < -0.3 is 10.2 Å². The molecule has 0 aromatic rings. The lowest BCUT2D eigenvalue weighted by Gasteiger charge is -2.37. The molecule has 10 heavy (non-hydrogen) atoms. The third-order valence-electron chi connectivity index (χ3n) is 2.55. The van der Waals surface area contributed by atoms with Crippen molar-refractivity contribution in [1.82, 2.24) is 0 Å². The maximum atomic E-state index is 8.79. The van der Waals surface area contributed by atoms with Crippen molar-refractivity contribution in [3.8, 4) is 0 Å². The first-order valence-electron chi connectivity index (χ1n) is 3.99. The van der Waals surface area contributed by atoms with Crippen molar-refractivity contribution in [2.45, 2.75) is 19.8 Å². The van der Waals surface area contributed by atoms with Gasteiger partial charge in [0.2, 0.25) is 0 Å². The molecule has 0 aromatic heterocycles. The Morgan fingerprint density at radius 2 is 1.80 bits per heavy atom. The monoisotopic (exact) mass is 144 g/mol. The normalized spacial score (nSPS) is 32.4. The predicted octanol–water partition coefficient (Wildman–Crippen LogP) is 0.633. The molecule has 60 valence electrons. The Labute approximate surface area is 61.9 Å². The van der Waals surface area contributed by atoms with Crippen molar-refractivity contribution in [2.24, 2.45) is 17.8 Å². The molecule has 0 heterocycles. The van der Waals surface area contributed by atoms with Crippen molar-refractivity contribution in [3.63, 3.8) is 0 Å². The average Bonchev–Trinajstić information content (AvgIpc) is 1.87. The van der Waals surface area contributed by atoms with E-state index in [1.165, 1.54) is 12.8 Å². The van der Waals surface area contributed by atoms with Crippen LogP contribution in [0.4, 0.5) is 0 Å². The fraction of sp³-hybridized carbons (Fsp3) is 1.00. The van der Waals surface area contributed by atoms with Crippen LogP contribution in [0.3, 0.4) is 0 Å². The molecule has 2 heteroatoms. The van der Waals surface area contributed by atoms with Crippen LogP contribution in [-0.2, 0) is 0 Å². The zero-order valence-corrected chi connectivity index (χ0v) is 6.45. The van der Waals surface area contributed by atoms with Crippen molar-refractivity contribution >= 4 is 0 Å². The molecule has 0 bridgehead atoms. The van der Waals surface area contributed by atoms with Gasteiger partial charge in [-0.1, -0.05) is 6.92 Å². The SMILES string of the molecule is CC1CC(C(CO)CO)C1. The van der Waals surface area contributed by atoms with E-state index in [0.29, 0.717) is 5.92 Å². The molecule has 0 saturated heterocycles. The largest absolute Gasteiger partial charge is 0.396 e. The Kier molecular flexibility index (Phi) is 2.69. The van der Waals surface area contributed by atoms with Crippen LogP contribution in [0.25, 0.3) is 0 Å². The van der Waals surface area contributed by atoms with Gasteiger partial charge in [0, 0.05) is 19.1 Å². The summed E-state index contributed by atoms with van der Waals surface area (Å²) < 4.78 is 0. The lowest BCUT2D eigenvalue weighted by molar-refractivity contribution is 0.0448. The third kappa shape index (κ3) is 1.50. The fourth-order valence-electron chi connectivity index (χ4n) is 1.71. The number of aliphatic hydroxyl groups is 2. The Morgan fingerprint density at radius 3 is 2.10 bits per heavy atom. The smallest absolute Gasteiger partial charge is 0.0483 e. The Balaban J connectivity index is 2.21. The summed E-state index contributed by atoms with van der Waals surface area (Å²) >= 11 is 0. The molecular formula is C8H16O2. The number of rotatable bonds is 3. The van der Waals surface area contributed by atoms with E-state index in [1.54, 1.807) is 0 Å². The molecule has 1 fully saturated rings. The van der Waals surface area contributed by atoms with E-state index < -0.39 is 0 Å². The van der Waals surface area contributed by atoms with Gasteiger partial charge in [-0.25, -0.2) is 0 Å². The summed E-state index contributed by atoms with van der Waals surface area (Å²) in [5.41, 5.74) is 0. The maximum absolute atomic E-state index is 8.79. The minimum absolute atomic E-state index is 0.147. The van der Waals surface area contributed by atoms with Gasteiger partial charge in [0.15, 0.2) is 0 Å². The average molecular weight is 144 g/mol. The molecule has 0 unspecified atom stereocenters. The van der Waals surface area contributed by atoms with Gasteiger partial charge in [-0.15, -0.1) is 0 Å². The Bertz CT molecular complexity index is 93.4. The highest BCUT2D eigenvalue weighted by Crippen LogP contribution is 2.37. The molecule has 2 N–H and O–H groups in total. The summed E-state index contributed by atoms with van der Waals surface area (Å²) in [6.07, 6.45) is 2.37. The maximum Gasteiger partial charge on any atom is 0.0483 e. The van der Waals surface area contributed by atoms with E-state index >= 15 is 0 Å². The van der Waals surface area contributed by atoms with Gasteiger partial charge in [-0.2, -0.15) is 0 Å². The van der Waals surface area contributed by atoms with Gasteiger partial charge in [-0.05, 0) is 24.7 Å². The van der Waals surface area contributed by atoms with E-state index in [9.17, 15) is 0 Å². The topological polar surface area (TPSA) is 40.5 Å². The number of hydrogen-bond acceptors (Lipinski definition) is 2. The first-order valence-corrected chi connectivity index (χ1v) is 3.99. The predicted molar refractivity (Wildman–Crippen MR) is 39.5 cm³/mol. The van der Waals surface area contributed by atoms with Crippen molar-refractivity contribution in [1.29, 1.82) is 0 Å². The first kappa shape index (κ1) is 8.02. The summed E-state index contributed by atoms with van der Waals surface area (Å²) in [5, 5.41) is 17.6. The van der Waals surface area contributed by atoms with Crippen LogP contribution < -0.4 is 0 Å². The summed E-state index contributed by atoms with van der Waals surface area (Å²) in [4.78, 5) is 0. The van der Waals surface area contributed by atoms with Crippen molar-refractivity contribution in [2.75, 3.05) is 13.2 Å². The van der Waals surface area contributed by atoms with Gasteiger partial charge in [0.25, 0.3) is 0 Å². The lowest BCUT2D eigenvalue weighted by atomic mass is 9.70. The summed E-state index contributed by atoms with van der Waals surface area (Å²) in [7, 11) is 0. The van der Waals surface area contributed by atoms with Crippen LogP contribution in [0.5, 0.6) is 0 Å². The summed E-state index contributed by atoms with van der Waals surface area (Å²) in [6, 6.07) is 0. The zero-order valence-electron chi connectivity index (χ0n) is 6.45. The molecule has 0 atom stereocenters. The van der Waals surface area contributed by atoms with Crippen LogP contribution >= 0.6 is 0 Å². The Morgan fingerprint density at radius 1 is 1.30 bits per heavy atom.